The summed E-state index contributed by atoms with van der Waals surface area (Å²) >= 11 is 7.53. The van der Waals surface area contributed by atoms with Crippen LogP contribution in [0.1, 0.15) is 33.6 Å². The molecule has 0 unspecified atom stereocenters. The van der Waals surface area contributed by atoms with E-state index in [0.29, 0.717) is 71.4 Å². The molecule has 1 aromatic carbocycles. The number of hydrogen-bond donors (Lipinski definition) is 0. The lowest BCUT2D eigenvalue weighted by Gasteiger charge is -2.37. The number of ether oxygens (including phenoxy) is 2. The van der Waals surface area contributed by atoms with E-state index in [2.05, 4.69) is 4.98 Å². The smallest absolute Gasteiger partial charge is 0.264 e. The normalized spacial score (nSPS) is 18.2. The maximum absolute atomic E-state index is 13.2. The van der Waals surface area contributed by atoms with Crippen LogP contribution < -0.4 is 5.56 Å². The van der Waals surface area contributed by atoms with Crippen molar-refractivity contribution in [2.75, 3.05) is 26.3 Å². The minimum atomic E-state index is -0.528. The van der Waals surface area contributed by atoms with E-state index in [0.717, 1.165) is 5.56 Å². The third-order valence-electron chi connectivity index (χ3n) is 6.04. The van der Waals surface area contributed by atoms with Crippen molar-refractivity contribution in [1.82, 2.24) is 14.5 Å². The summed E-state index contributed by atoms with van der Waals surface area (Å²) in [5, 5.41) is 1.10. The fourth-order valence-corrected chi connectivity index (χ4v) is 5.57. The van der Waals surface area contributed by atoms with Gasteiger partial charge in [-0.2, -0.15) is 0 Å². The molecule has 1 amide bonds. The monoisotopic (exact) mass is 459 g/mol. The number of aromatic nitrogens is 2. The summed E-state index contributed by atoms with van der Waals surface area (Å²) in [4.78, 5) is 33.8. The minimum absolute atomic E-state index is 0.0644. The van der Waals surface area contributed by atoms with E-state index in [4.69, 9.17) is 21.1 Å². The lowest BCUT2D eigenvalue weighted by Crippen LogP contribution is -2.47. The van der Waals surface area contributed by atoms with Gasteiger partial charge in [-0.1, -0.05) is 29.8 Å². The summed E-state index contributed by atoms with van der Waals surface area (Å²) in [6.45, 7) is 4.50. The zero-order chi connectivity index (χ0) is 21.6. The molecular formula is C22H22ClN3O4S. The number of carbonyl (C=O) groups is 1. The Morgan fingerprint density at radius 2 is 1.94 bits per heavy atom. The number of benzene rings is 1. The molecule has 0 radical (unpaired) electrons. The van der Waals surface area contributed by atoms with Crippen molar-refractivity contribution in [1.29, 1.82) is 0 Å². The number of amides is 1. The molecule has 5 rings (SSSR count). The second kappa shape index (κ2) is 8.02. The van der Waals surface area contributed by atoms with Gasteiger partial charge in [0.05, 0.1) is 36.3 Å². The zero-order valence-electron chi connectivity index (χ0n) is 17.1. The van der Waals surface area contributed by atoms with Crippen molar-refractivity contribution in [2.45, 2.75) is 32.1 Å². The molecule has 2 fully saturated rings. The number of hydrogen-bond acceptors (Lipinski definition) is 6. The number of fused-ring (bicyclic) bond motifs is 1. The summed E-state index contributed by atoms with van der Waals surface area (Å²) in [6.07, 6.45) is 2.84. The molecule has 0 atom stereocenters. The van der Waals surface area contributed by atoms with Gasteiger partial charge in [0, 0.05) is 31.0 Å². The number of rotatable bonds is 3. The molecule has 0 N–H and O–H groups in total. The fourth-order valence-electron chi connectivity index (χ4n) is 4.27. The molecule has 2 aliphatic heterocycles. The lowest BCUT2D eigenvalue weighted by atomic mass is 10.0. The highest BCUT2D eigenvalue weighted by Crippen LogP contribution is 2.34. The SMILES string of the molecule is Cc1c(C(=O)N2CCC3(CC2)OCCO3)sc2ncn(Cc3ccccc3Cl)c(=O)c12. The van der Waals surface area contributed by atoms with Crippen LogP contribution in [-0.4, -0.2) is 52.4 Å². The quantitative estimate of drug-likeness (QED) is 0.599. The van der Waals surface area contributed by atoms with E-state index in [9.17, 15) is 9.59 Å². The Bertz CT molecular complexity index is 1210. The topological polar surface area (TPSA) is 73.7 Å². The van der Waals surface area contributed by atoms with Crippen molar-refractivity contribution >= 4 is 39.1 Å². The number of aryl methyl sites for hydroxylation is 1. The standard InChI is InChI=1S/C22H22ClN3O4S/c1-14-17-19(24-13-26(20(17)27)12-15-4-2-3-5-16(15)23)31-18(14)21(28)25-8-6-22(7-9-25)29-10-11-30-22/h2-5,13H,6-12H2,1H3. The van der Waals surface area contributed by atoms with Gasteiger partial charge in [-0.05, 0) is 24.1 Å². The summed E-state index contributed by atoms with van der Waals surface area (Å²) in [5.41, 5.74) is 1.36. The van der Waals surface area contributed by atoms with Crippen molar-refractivity contribution in [3.63, 3.8) is 0 Å². The van der Waals surface area contributed by atoms with Crippen molar-refractivity contribution in [3.8, 4) is 0 Å². The van der Waals surface area contributed by atoms with Crippen LogP contribution >= 0.6 is 22.9 Å². The van der Waals surface area contributed by atoms with E-state index < -0.39 is 5.79 Å². The first-order chi connectivity index (χ1) is 15.0. The van der Waals surface area contributed by atoms with Crippen LogP contribution in [0.15, 0.2) is 35.4 Å². The Hall–Kier alpha value is -2.26. The summed E-state index contributed by atoms with van der Waals surface area (Å²) in [7, 11) is 0. The van der Waals surface area contributed by atoms with Crippen LogP contribution in [-0.2, 0) is 16.0 Å². The number of likely N-dealkylation sites (tertiary alicyclic amines) is 1. The molecule has 9 heteroatoms. The van der Waals surface area contributed by atoms with Crippen LogP contribution in [0.5, 0.6) is 0 Å². The molecule has 3 aromatic rings. The largest absolute Gasteiger partial charge is 0.347 e. The lowest BCUT2D eigenvalue weighted by molar-refractivity contribution is -0.181. The highest BCUT2D eigenvalue weighted by atomic mass is 35.5. The van der Waals surface area contributed by atoms with Gasteiger partial charge < -0.3 is 14.4 Å². The van der Waals surface area contributed by atoms with Gasteiger partial charge in [0.25, 0.3) is 11.5 Å². The number of carbonyl (C=O) groups excluding carboxylic acids is 1. The first kappa shape index (κ1) is 20.6. The third kappa shape index (κ3) is 3.67. The van der Waals surface area contributed by atoms with Crippen LogP contribution in [0.3, 0.4) is 0 Å². The Balaban J connectivity index is 1.42. The Kier molecular flexibility index (Phi) is 5.34. The predicted octanol–water partition coefficient (Wildman–Crippen LogP) is 3.45. The molecule has 7 nitrogen and oxygen atoms in total. The number of nitrogens with zero attached hydrogens (tertiary/aromatic N) is 3. The Morgan fingerprint density at radius 1 is 1.23 bits per heavy atom. The molecule has 4 heterocycles. The molecule has 0 aliphatic carbocycles. The van der Waals surface area contributed by atoms with Crippen LogP contribution in [0, 0.1) is 6.92 Å². The number of piperidine rings is 1. The zero-order valence-corrected chi connectivity index (χ0v) is 18.7. The van der Waals surface area contributed by atoms with Gasteiger partial charge >= 0.3 is 0 Å². The second-order valence-corrected chi connectivity index (χ2v) is 9.31. The highest BCUT2D eigenvalue weighted by molar-refractivity contribution is 7.20. The Labute approximate surface area is 188 Å². The van der Waals surface area contributed by atoms with Gasteiger partial charge in [0.1, 0.15) is 4.83 Å². The van der Waals surface area contributed by atoms with E-state index in [-0.39, 0.29) is 11.5 Å². The molecule has 31 heavy (non-hydrogen) atoms. The maximum atomic E-state index is 13.2. The van der Waals surface area contributed by atoms with Crippen LogP contribution in [0.4, 0.5) is 0 Å². The van der Waals surface area contributed by atoms with Gasteiger partial charge in [-0.25, -0.2) is 4.98 Å². The van der Waals surface area contributed by atoms with Crippen molar-refractivity contribution in [3.05, 3.63) is 62.0 Å². The second-order valence-electron chi connectivity index (χ2n) is 7.91. The van der Waals surface area contributed by atoms with Crippen LogP contribution in [0.25, 0.3) is 10.2 Å². The molecule has 2 aliphatic rings. The molecule has 1 spiro atoms. The van der Waals surface area contributed by atoms with Crippen molar-refractivity contribution < 1.29 is 14.3 Å². The fraction of sp³-hybridized carbons (Fsp3) is 0.409. The molecule has 2 saturated heterocycles. The van der Waals surface area contributed by atoms with Crippen LogP contribution in [0.2, 0.25) is 5.02 Å². The minimum Gasteiger partial charge on any atom is -0.347 e. The first-order valence-corrected chi connectivity index (χ1v) is 11.5. The van der Waals surface area contributed by atoms with Gasteiger partial charge in [-0.3, -0.25) is 14.2 Å². The molecule has 2 aromatic heterocycles. The molecule has 162 valence electrons. The Morgan fingerprint density at radius 3 is 2.65 bits per heavy atom. The molecule has 0 bridgehead atoms. The third-order valence-corrected chi connectivity index (χ3v) is 7.59. The van der Waals surface area contributed by atoms with E-state index in [1.165, 1.54) is 22.2 Å². The highest BCUT2D eigenvalue weighted by Gasteiger charge is 2.41. The van der Waals surface area contributed by atoms with Crippen molar-refractivity contribution in [2.24, 2.45) is 0 Å². The molecule has 0 saturated carbocycles. The van der Waals surface area contributed by atoms with Gasteiger partial charge in [0.15, 0.2) is 5.79 Å². The predicted molar refractivity (Wildman–Crippen MR) is 119 cm³/mol. The summed E-state index contributed by atoms with van der Waals surface area (Å²) in [6, 6.07) is 7.42. The van der Waals surface area contributed by atoms with E-state index in [1.54, 1.807) is 6.07 Å². The molecular weight excluding hydrogens is 438 g/mol. The first-order valence-electron chi connectivity index (χ1n) is 10.3. The van der Waals surface area contributed by atoms with Gasteiger partial charge in [0.2, 0.25) is 0 Å². The summed E-state index contributed by atoms with van der Waals surface area (Å²) in [5.74, 6) is -0.592. The van der Waals surface area contributed by atoms with Gasteiger partial charge in [-0.15, -0.1) is 11.3 Å². The summed E-state index contributed by atoms with van der Waals surface area (Å²) < 4.78 is 13.0. The van der Waals surface area contributed by atoms with E-state index >= 15 is 0 Å². The average molecular weight is 460 g/mol. The number of thiophene rings is 1. The maximum Gasteiger partial charge on any atom is 0.264 e. The van der Waals surface area contributed by atoms with E-state index in [1.807, 2.05) is 30.0 Å². The number of halogens is 1. The average Bonchev–Trinajstić information content (AvgIpc) is 3.36.